The van der Waals surface area contributed by atoms with Crippen molar-refractivity contribution in [1.82, 2.24) is 4.98 Å². The van der Waals surface area contributed by atoms with Crippen molar-refractivity contribution in [3.05, 3.63) is 17.3 Å². The van der Waals surface area contributed by atoms with Gasteiger partial charge in [-0.3, -0.25) is 0 Å². The first-order valence-corrected chi connectivity index (χ1v) is 5.82. The van der Waals surface area contributed by atoms with Crippen molar-refractivity contribution in [3.8, 4) is 0 Å². The van der Waals surface area contributed by atoms with Crippen molar-refractivity contribution in [2.45, 2.75) is 19.4 Å². The number of ether oxygens (including phenoxy) is 1. The molecule has 2 heterocycles. The Hall–Kier alpha value is -1.00. The molecule has 1 aromatic heterocycles. The van der Waals surface area contributed by atoms with E-state index in [9.17, 15) is 0 Å². The molecule has 1 aromatic rings. The molecule has 2 N–H and O–H groups in total. The summed E-state index contributed by atoms with van der Waals surface area (Å²) in [5, 5.41) is 0.606. The highest BCUT2D eigenvalue weighted by Crippen LogP contribution is 2.26. The molecule has 1 fully saturated rings. The number of pyridine rings is 1. The number of nitrogens with zero attached hydrogens (tertiary/aromatic N) is 2. The molecule has 1 unspecified atom stereocenters. The molecule has 1 aliphatic heterocycles. The average molecular weight is 242 g/mol. The molecule has 4 nitrogen and oxygen atoms in total. The molecule has 0 saturated carbocycles. The van der Waals surface area contributed by atoms with Crippen LogP contribution in [0.4, 0.5) is 11.5 Å². The lowest BCUT2D eigenvalue weighted by Gasteiger charge is -2.24. The molecule has 1 saturated heterocycles. The standard InChI is InChI=1S/C11H16ClN3O/c1-8-7-15(3-2-4-16-8)11-10(12)5-9(13)6-14-11/h5-6,8H,2-4,7,13H2,1H3. The number of hydrogen-bond acceptors (Lipinski definition) is 4. The Morgan fingerprint density at radius 2 is 2.44 bits per heavy atom. The zero-order valence-electron chi connectivity index (χ0n) is 9.32. The van der Waals surface area contributed by atoms with Crippen LogP contribution in [0.15, 0.2) is 12.3 Å². The fourth-order valence-electron chi connectivity index (χ4n) is 1.86. The lowest BCUT2D eigenvalue weighted by Crippen LogP contribution is -2.31. The Morgan fingerprint density at radius 3 is 3.19 bits per heavy atom. The smallest absolute Gasteiger partial charge is 0.147 e. The van der Waals surface area contributed by atoms with Crippen molar-refractivity contribution in [1.29, 1.82) is 0 Å². The van der Waals surface area contributed by atoms with Gasteiger partial charge in [0.05, 0.1) is 23.0 Å². The zero-order valence-corrected chi connectivity index (χ0v) is 10.1. The molecule has 1 aliphatic rings. The summed E-state index contributed by atoms with van der Waals surface area (Å²) in [5.74, 6) is 0.799. The molecule has 0 radical (unpaired) electrons. The van der Waals surface area contributed by atoms with Crippen LogP contribution in [0.25, 0.3) is 0 Å². The van der Waals surface area contributed by atoms with Gasteiger partial charge in [0.1, 0.15) is 5.82 Å². The van der Waals surface area contributed by atoms with E-state index in [0.29, 0.717) is 10.7 Å². The number of halogens is 1. The van der Waals surface area contributed by atoms with E-state index in [0.717, 1.165) is 31.9 Å². The Balaban J connectivity index is 2.21. The van der Waals surface area contributed by atoms with Crippen molar-refractivity contribution in [2.24, 2.45) is 0 Å². The van der Waals surface area contributed by atoms with Crippen molar-refractivity contribution >= 4 is 23.1 Å². The summed E-state index contributed by atoms with van der Waals surface area (Å²) in [6.07, 6.45) is 2.84. The third kappa shape index (κ3) is 2.57. The van der Waals surface area contributed by atoms with Gasteiger partial charge in [0.2, 0.25) is 0 Å². The lowest BCUT2D eigenvalue weighted by atomic mass is 10.3. The summed E-state index contributed by atoms with van der Waals surface area (Å²) in [4.78, 5) is 6.44. The van der Waals surface area contributed by atoms with E-state index >= 15 is 0 Å². The minimum atomic E-state index is 0.206. The van der Waals surface area contributed by atoms with E-state index in [1.54, 1.807) is 12.3 Å². The number of aromatic nitrogens is 1. The summed E-state index contributed by atoms with van der Waals surface area (Å²) in [5.41, 5.74) is 6.22. The maximum absolute atomic E-state index is 6.14. The Bertz CT molecular complexity index is 372. The Labute approximate surface area is 100 Å². The maximum Gasteiger partial charge on any atom is 0.147 e. The molecule has 1 atom stereocenters. The van der Waals surface area contributed by atoms with E-state index in [2.05, 4.69) is 16.8 Å². The van der Waals surface area contributed by atoms with Crippen molar-refractivity contribution in [3.63, 3.8) is 0 Å². The van der Waals surface area contributed by atoms with E-state index in [-0.39, 0.29) is 6.10 Å². The van der Waals surface area contributed by atoms with Crippen LogP contribution < -0.4 is 10.6 Å². The normalized spacial score (nSPS) is 21.9. The van der Waals surface area contributed by atoms with E-state index < -0.39 is 0 Å². The number of nitrogens with two attached hydrogens (primary N) is 1. The quantitative estimate of drug-likeness (QED) is 0.816. The molecule has 0 spiro atoms. The topological polar surface area (TPSA) is 51.4 Å². The van der Waals surface area contributed by atoms with E-state index in [1.807, 2.05) is 0 Å². The first-order valence-electron chi connectivity index (χ1n) is 5.44. The third-order valence-electron chi connectivity index (χ3n) is 2.59. The minimum absolute atomic E-state index is 0.206. The van der Waals surface area contributed by atoms with Crippen LogP contribution in [0.1, 0.15) is 13.3 Å². The van der Waals surface area contributed by atoms with Crippen LogP contribution in [0, 0.1) is 0 Å². The van der Waals surface area contributed by atoms with Gasteiger partial charge in [-0.05, 0) is 19.4 Å². The van der Waals surface area contributed by atoms with Gasteiger partial charge in [-0.2, -0.15) is 0 Å². The molecular weight excluding hydrogens is 226 g/mol. The van der Waals surface area contributed by atoms with Gasteiger partial charge in [-0.25, -0.2) is 4.98 Å². The molecule has 2 rings (SSSR count). The first-order chi connectivity index (χ1) is 7.66. The van der Waals surface area contributed by atoms with Gasteiger partial charge in [0.25, 0.3) is 0 Å². The first kappa shape index (κ1) is 11.5. The highest BCUT2D eigenvalue weighted by molar-refractivity contribution is 6.33. The highest BCUT2D eigenvalue weighted by atomic mass is 35.5. The molecule has 0 aliphatic carbocycles. The van der Waals surface area contributed by atoms with Gasteiger partial charge in [0.15, 0.2) is 0 Å². The molecule has 0 bridgehead atoms. The summed E-state index contributed by atoms with van der Waals surface area (Å²) >= 11 is 6.14. The minimum Gasteiger partial charge on any atom is -0.397 e. The van der Waals surface area contributed by atoms with Gasteiger partial charge >= 0.3 is 0 Å². The molecule has 0 amide bonds. The Morgan fingerprint density at radius 1 is 1.62 bits per heavy atom. The summed E-state index contributed by atoms with van der Waals surface area (Å²) in [6.45, 7) is 4.59. The number of nitrogen functional groups attached to an aromatic ring is 1. The third-order valence-corrected chi connectivity index (χ3v) is 2.87. The largest absolute Gasteiger partial charge is 0.397 e. The molecule has 16 heavy (non-hydrogen) atoms. The fourth-order valence-corrected chi connectivity index (χ4v) is 2.16. The number of rotatable bonds is 1. The number of anilines is 2. The molecule has 5 heteroatoms. The molecule has 88 valence electrons. The molecule has 0 aromatic carbocycles. The fraction of sp³-hybridized carbons (Fsp3) is 0.545. The van der Waals surface area contributed by atoms with Crippen LogP contribution in [-0.4, -0.2) is 30.8 Å². The van der Waals surface area contributed by atoms with Crippen LogP contribution in [0.5, 0.6) is 0 Å². The van der Waals surface area contributed by atoms with Crippen LogP contribution >= 0.6 is 11.6 Å². The molecular formula is C11H16ClN3O. The number of hydrogen-bond donors (Lipinski definition) is 1. The summed E-state index contributed by atoms with van der Waals surface area (Å²) in [7, 11) is 0. The summed E-state index contributed by atoms with van der Waals surface area (Å²) in [6, 6.07) is 1.74. The van der Waals surface area contributed by atoms with Gasteiger partial charge < -0.3 is 15.4 Å². The second-order valence-electron chi connectivity index (χ2n) is 4.06. The SMILES string of the molecule is CC1CN(c2ncc(N)cc2Cl)CCCO1. The Kier molecular flexibility index (Phi) is 3.51. The zero-order chi connectivity index (χ0) is 11.5. The predicted octanol–water partition coefficient (Wildman–Crippen LogP) is 1.93. The van der Waals surface area contributed by atoms with Gasteiger partial charge in [-0.1, -0.05) is 11.6 Å². The van der Waals surface area contributed by atoms with Crippen LogP contribution in [0.3, 0.4) is 0 Å². The van der Waals surface area contributed by atoms with Crippen LogP contribution in [-0.2, 0) is 4.74 Å². The summed E-state index contributed by atoms with van der Waals surface area (Å²) < 4.78 is 5.58. The highest BCUT2D eigenvalue weighted by Gasteiger charge is 2.18. The average Bonchev–Trinajstić information content (AvgIpc) is 2.43. The van der Waals surface area contributed by atoms with Crippen molar-refractivity contribution in [2.75, 3.05) is 30.3 Å². The van der Waals surface area contributed by atoms with Gasteiger partial charge in [-0.15, -0.1) is 0 Å². The predicted molar refractivity (Wildman–Crippen MR) is 65.9 cm³/mol. The van der Waals surface area contributed by atoms with Crippen molar-refractivity contribution < 1.29 is 4.74 Å². The lowest BCUT2D eigenvalue weighted by molar-refractivity contribution is 0.0820. The van der Waals surface area contributed by atoms with Gasteiger partial charge in [0, 0.05) is 19.7 Å². The monoisotopic (exact) mass is 241 g/mol. The van der Waals surface area contributed by atoms with E-state index in [4.69, 9.17) is 22.1 Å². The second-order valence-corrected chi connectivity index (χ2v) is 4.46. The second kappa shape index (κ2) is 4.89. The van der Waals surface area contributed by atoms with E-state index in [1.165, 1.54) is 0 Å². The van der Waals surface area contributed by atoms with Crippen LogP contribution in [0.2, 0.25) is 5.02 Å². The maximum atomic E-state index is 6.14.